The maximum atomic E-state index is 12.5. The van der Waals surface area contributed by atoms with Gasteiger partial charge in [0.25, 0.3) is 11.5 Å². The zero-order valence-electron chi connectivity index (χ0n) is 21.4. The van der Waals surface area contributed by atoms with Crippen LogP contribution in [0, 0.1) is 0 Å². The molecule has 2 aliphatic heterocycles. The number of hydrogen-bond acceptors (Lipinski definition) is 8. The number of cyclic esters (lactones) is 1. The van der Waals surface area contributed by atoms with E-state index in [0.29, 0.717) is 32.9 Å². The molecule has 0 bridgehead atoms. The van der Waals surface area contributed by atoms with Crippen LogP contribution in [0.4, 0.5) is 10.5 Å². The standard InChI is InChI=1S/C21H19ClN4O5S.C6H9N/c1-2-30-16-9-13(25-8-7-23-11-19(25)27)3-4-15(16)26-12-14(31-21(26)29)10-24-20(28)17-5-6-18(22)32-17;1-6-3-2-4-7-5-6/h3-9,11,14H,2,10,12H2,1H3,(H,24,28);2-4,7H,5H2,1H3. The lowest BCUT2D eigenvalue weighted by Crippen LogP contribution is -2.34. The Morgan fingerprint density at radius 2 is 2.15 bits per heavy atom. The van der Waals surface area contributed by atoms with Crippen LogP contribution in [0.5, 0.6) is 5.75 Å². The number of halogens is 1. The number of allylic oxidation sites excluding steroid dienone is 2. The molecule has 4 heterocycles. The molecule has 1 saturated heterocycles. The largest absolute Gasteiger partial charge is 0.492 e. The molecule has 204 valence electrons. The Morgan fingerprint density at radius 3 is 2.79 bits per heavy atom. The van der Waals surface area contributed by atoms with Crippen molar-refractivity contribution in [1.29, 1.82) is 0 Å². The van der Waals surface area contributed by atoms with Gasteiger partial charge in [-0.05, 0) is 50.4 Å². The van der Waals surface area contributed by atoms with E-state index < -0.39 is 12.2 Å². The van der Waals surface area contributed by atoms with E-state index in [1.807, 2.05) is 19.2 Å². The Balaban J connectivity index is 0.000000438. The molecule has 5 rings (SSSR count). The van der Waals surface area contributed by atoms with Crippen molar-refractivity contribution < 1.29 is 19.1 Å². The summed E-state index contributed by atoms with van der Waals surface area (Å²) in [5, 5.41) is 5.84. The molecule has 12 heteroatoms. The summed E-state index contributed by atoms with van der Waals surface area (Å²) in [7, 11) is 0. The van der Waals surface area contributed by atoms with Crippen molar-refractivity contribution in [2.45, 2.75) is 20.0 Å². The number of ether oxygens (including phenoxy) is 2. The number of dihydropyridines is 1. The number of anilines is 1. The van der Waals surface area contributed by atoms with Crippen LogP contribution in [0.1, 0.15) is 23.5 Å². The summed E-state index contributed by atoms with van der Waals surface area (Å²) < 4.78 is 13.1. The average Bonchev–Trinajstić information content (AvgIpc) is 3.54. The third-order valence-electron chi connectivity index (χ3n) is 5.67. The van der Waals surface area contributed by atoms with Gasteiger partial charge in [-0.25, -0.2) is 4.79 Å². The zero-order chi connectivity index (χ0) is 27.8. The normalized spacial score (nSPS) is 16.0. The fraction of sp³-hybridized carbons (Fsp3) is 0.259. The molecule has 2 aliphatic rings. The molecular weight excluding hydrogens is 542 g/mol. The smallest absolute Gasteiger partial charge is 0.414 e. The summed E-state index contributed by atoms with van der Waals surface area (Å²) in [5.74, 6) is 0.155. The summed E-state index contributed by atoms with van der Waals surface area (Å²) in [5.41, 5.74) is 2.20. The topological polar surface area (TPSA) is 115 Å². The number of nitrogens with one attached hydrogen (secondary N) is 2. The van der Waals surface area contributed by atoms with E-state index in [1.54, 1.807) is 36.5 Å². The molecule has 2 amide bonds. The lowest BCUT2D eigenvalue weighted by molar-refractivity contribution is 0.0920. The van der Waals surface area contributed by atoms with E-state index in [9.17, 15) is 14.4 Å². The SMILES string of the molecule is CC1=CC=CNC1.CCOc1cc(-n2ccncc2=O)ccc1N1CC(CNC(=O)c2ccc(Cl)s2)OC1=O. The Kier molecular flexibility index (Phi) is 9.40. The highest BCUT2D eigenvalue weighted by molar-refractivity contribution is 7.18. The van der Waals surface area contributed by atoms with Crippen molar-refractivity contribution in [2.75, 3.05) is 31.1 Å². The molecular formula is C27H28ClN5O5S. The minimum atomic E-state index is -0.543. The number of carbonyl (C=O) groups excluding carboxylic acids is 2. The van der Waals surface area contributed by atoms with Crippen molar-refractivity contribution in [3.8, 4) is 11.4 Å². The van der Waals surface area contributed by atoms with Crippen molar-refractivity contribution in [3.05, 3.63) is 92.4 Å². The second-order valence-corrected chi connectivity index (χ2v) is 10.3. The van der Waals surface area contributed by atoms with Gasteiger partial charge in [-0.1, -0.05) is 23.3 Å². The zero-order valence-corrected chi connectivity index (χ0v) is 23.0. The van der Waals surface area contributed by atoms with Crippen LogP contribution in [-0.2, 0) is 4.74 Å². The van der Waals surface area contributed by atoms with Crippen molar-refractivity contribution in [1.82, 2.24) is 20.2 Å². The van der Waals surface area contributed by atoms with E-state index in [4.69, 9.17) is 21.1 Å². The van der Waals surface area contributed by atoms with Gasteiger partial charge in [-0.3, -0.25) is 24.0 Å². The molecule has 39 heavy (non-hydrogen) atoms. The monoisotopic (exact) mass is 569 g/mol. The number of nitrogens with zero attached hydrogens (tertiary/aromatic N) is 3. The summed E-state index contributed by atoms with van der Waals surface area (Å²) in [6.45, 7) is 5.71. The molecule has 0 spiro atoms. The van der Waals surface area contributed by atoms with Crippen molar-refractivity contribution in [3.63, 3.8) is 0 Å². The molecule has 0 saturated carbocycles. The molecule has 1 aromatic carbocycles. The minimum absolute atomic E-state index is 0.158. The van der Waals surface area contributed by atoms with Crippen LogP contribution in [0.15, 0.2) is 77.6 Å². The molecule has 1 unspecified atom stereocenters. The summed E-state index contributed by atoms with van der Waals surface area (Å²) >= 11 is 7.04. The predicted octanol–water partition coefficient (Wildman–Crippen LogP) is 4.15. The first-order chi connectivity index (χ1) is 18.9. The van der Waals surface area contributed by atoms with Crippen LogP contribution in [0.2, 0.25) is 4.34 Å². The van der Waals surface area contributed by atoms with Gasteiger partial charge in [-0.15, -0.1) is 11.3 Å². The quantitative estimate of drug-likeness (QED) is 0.439. The van der Waals surface area contributed by atoms with E-state index in [1.165, 1.54) is 38.8 Å². The third kappa shape index (κ3) is 7.27. The fourth-order valence-electron chi connectivity index (χ4n) is 3.82. The van der Waals surface area contributed by atoms with E-state index in [0.717, 1.165) is 6.54 Å². The fourth-order valence-corrected chi connectivity index (χ4v) is 4.78. The molecule has 3 aromatic rings. The van der Waals surface area contributed by atoms with Crippen LogP contribution >= 0.6 is 22.9 Å². The third-order valence-corrected chi connectivity index (χ3v) is 6.90. The van der Waals surface area contributed by atoms with Gasteiger partial charge in [0.2, 0.25) is 0 Å². The van der Waals surface area contributed by atoms with Gasteiger partial charge in [0.05, 0.1) is 46.5 Å². The number of hydrogen-bond donors (Lipinski definition) is 2. The van der Waals surface area contributed by atoms with E-state index in [-0.39, 0.29) is 24.6 Å². The summed E-state index contributed by atoms with van der Waals surface area (Å²) in [4.78, 5) is 42.6. The number of carbonyl (C=O) groups is 2. The van der Waals surface area contributed by atoms with Crippen molar-refractivity contribution in [2.24, 2.45) is 0 Å². The maximum Gasteiger partial charge on any atom is 0.414 e. The van der Waals surface area contributed by atoms with Crippen molar-refractivity contribution >= 4 is 40.6 Å². The molecule has 2 aromatic heterocycles. The average molecular weight is 570 g/mol. The lowest BCUT2D eigenvalue weighted by atomic mass is 10.2. The molecule has 10 nitrogen and oxygen atoms in total. The van der Waals surface area contributed by atoms with Gasteiger partial charge in [0.15, 0.2) is 0 Å². The molecule has 0 aliphatic carbocycles. The number of rotatable bonds is 7. The number of benzene rings is 1. The van der Waals surface area contributed by atoms with Crippen LogP contribution < -0.4 is 25.8 Å². The number of aromatic nitrogens is 2. The highest BCUT2D eigenvalue weighted by Crippen LogP contribution is 2.33. The van der Waals surface area contributed by atoms with E-state index in [2.05, 4.69) is 28.6 Å². The Bertz CT molecular complexity index is 1450. The minimum Gasteiger partial charge on any atom is -0.492 e. The predicted molar refractivity (Wildman–Crippen MR) is 151 cm³/mol. The molecule has 0 radical (unpaired) electrons. The Morgan fingerprint density at radius 1 is 1.31 bits per heavy atom. The Hall–Kier alpha value is -4.09. The van der Waals surface area contributed by atoms with Gasteiger partial charge >= 0.3 is 6.09 Å². The second-order valence-electron chi connectivity index (χ2n) is 8.55. The van der Waals surface area contributed by atoms with Gasteiger partial charge < -0.3 is 20.1 Å². The first-order valence-corrected chi connectivity index (χ1v) is 13.4. The number of thiophene rings is 1. The first-order valence-electron chi connectivity index (χ1n) is 12.2. The second kappa shape index (κ2) is 13.1. The van der Waals surface area contributed by atoms with Crippen LogP contribution in [0.25, 0.3) is 5.69 Å². The Labute approximate surface area is 234 Å². The van der Waals surface area contributed by atoms with Gasteiger partial charge in [-0.2, -0.15) is 0 Å². The highest BCUT2D eigenvalue weighted by atomic mass is 35.5. The van der Waals surface area contributed by atoms with Gasteiger partial charge in [0.1, 0.15) is 11.9 Å². The van der Waals surface area contributed by atoms with Crippen LogP contribution in [0.3, 0.4) is 0 Å². The number of amides is 2. The summed E-state index contributed by atoms with van der Waals surface area (Å²) in [6, 6.07) is 8.38. The highest BCUT2D eigenvalue weighted by Gasteiger charge is 2.34. The van der Waals surface area contributed by atoms with E-state index >= 15 is 0 Å². The lowest BCUT2D eigenvalue weighted by Gasteiger charge is -2.19. The maximum absolute atomic E-state index is 12.5. The molecule has 1 atom stereocenters. The van der Waals surface area contributed by atoms with Gasteiger partial charge in [0, 0.05) is 25.0 Å². The molecule has 1 fully saturated rings. The van der Waals surface area contributed by atoms with Crippen LogP contribution in [-0.4, -0.2) is 53.9 Å². The molecule has 2 N–H and O–H groups in total. The first kappa shape index (κ1) is 27.9. The summed E-state index contributed by atoms with van der Waals surface area (Å²) in [6.07, 6.45) is 9.28.